The van der Waals surface area contributed by atoms with Gasteiger partial charge in [-0.1, -0.05) is 25.1 Å². The fourth-order valence-electron chi connectivity index (χ4n) is 4.67. The highest BCUT2D eigenvalue weighted by atomic mass is 32.2. The largest absolute Gasteiger partial charge is 0.305 e. The van der Waals surface area contributed by atoms with E-state index < -0.39 is 22.7 Å². The third-order valence-electron chi connectivity index (χ3n) is 5.84. The second kappa shape index (κ2) is 6.96. The molecule has 2 N–H and O–H groups in total. The van der Waals surface area contributed by atoms with Crippen LogP contribution in [0.4, 0.5) is 8.78 Å². The van der Waals surface area contributed by atoms with Gasteiger partial charge in [0.2, 0.25) is 0 Å². The number of benzene rings is 1. The van der Waals surface area contributed by atoms with E-state index >= 15 is 0 Å². The lowest BCUT2D eigenvalue weighted by Gasteiger charge is -2.35. The van der Waals surface area contributed by atoms with E-state index in [0.29, 0.717) is 11.3 Å². The lowest BCUT2D eigenvalue weighted by Crippen LogP contribution is -2.44. The third-order valence-corrected chi connectivity index (χ3v) is 6.51. The Kier molecular flexibility index (Phi) is 4.81. The molecule has 1 aromatic rings. The molecule has 0 amide bonds. The maximum Gasteiger partial charge on any atom is 0.186 e. The van der Waals surface area contributed by atoms with Gasteiger partial charge in [-0.3, -0.25) is 4.90 Å². The van der Waals surface area contributed by atoms with E-state index in [9.17, 15) is 17.5 Å². The standard InChI is InChI=1S/C19H22F2N2O2S/c1-11-9-12(26(24)25)5-6-17(11)23-8-7-15-18(23)10-16(22-15)19-13(20)3-2-4-14(19)21/h2-6,9,11,15-18,22H,7-8,10H2,1H3,(H,24,25). The van der Waals surface area contributed by atoms with Gasteiger partial charge in [0.1, 0.15) is 11.6 Å². The number of hydrogen-bond acceptors (Lipinski definition) is 3. The Labute approximate surface area is 154 Å². The third kappa shape index (κ3) is 3.07. The molecule has 4 rings (SSSR count). The molecule has 140 valence electrons. The summed E-state index contributed by atoms with van der Waals surface area (Å²) < 4.78 is 48.8. The zero-order valence-corrected chi connectivity index (χ0v) is 15.3. The van der Waals surface area contributed by atoms with Crippen LogP contribution in [0.2, 0.25) is 0 Å². The maximum atomic E-state index is 14.1. The minimum Gasteiger partial charge on any atom is -0.305 e. The molecule has 2 heterocycles. The van der Waals surface area contributed by atoms with Crippen LogP contribution in [0.25, 0.3) is 0 Å². The SMILES string of the molecule is CC1C=C(S(=O)O)C=CC1N1CCC2NC(c3c(F)cccc3F)CC21. The molecule has 1 aromatic carbocycles. The monoisotopic (exact) mass is 380 g/mol. The van der Waals surface area contributed by atoms with E-state index in [0.717, 1.165) is 13.0 Å². The first-order valence-electron chi connectivity index (χ1n) is 8.92. The maximum absolute atomic E-state index is 14.1. The van der Waals surface area contributed by atoms with Crippen molar-refractivity contribution in [2.45, 2.75) is 43.9 Å². The zero-order valence-electron chi connectivity index (χ0n) is 14.4. The van der Waals surface area contributed by atoms with Gasteiger partial charge in [0.15, 0.2) is 11.1 Å². The first-order chi connectivity index (χ1) is 12.5. The molecular formula is C19H22F2N2O2S. The van der Waals surface area contributed by atoms with Crippen molar-refractivity contribution in [3.8, 4) is 0 Å². The lowest BCUT2D eigenvalue weighted by molar-refractivity contribution is 0.179. The molecule has 26 heavy (non-hydrogen) atoms. The highest BCUT2D eigenvalue weighted by Gasteiger charge is 2.46. The first-order valence-corrected chi connectivity index (χ1v) is 10.0. The number of hydrogen-bond donors (Lipinski definition) is 2. The van der Waals surface area contributed by atoms with E-state index in [1.807, 2.05) is 19.1 Å². The summed E-state index contributed by atoms with van der Waals surface area (Å²) in [5.74, 6) is -0.898. The molecule has 2 saturated heterocycles. The Balaban J connectivity index is 1.53. The molecule has 6 unspecified atom stereocenters. The molecule has 0 spiro atoms. The van der Waals surface area contributed by atoms with E-state index in [2.05, 4.69) is 10.2 Å². The van der Waals surface area contributed by atoms with Crippen LogP contribution in [0.15, 0.2) is 41.3 Å². The van der Waals surface area contributed by atoms with E-state index in [1.54, 1.807) is 6.08 Å². The smallest absolute Gasteiger partial charge is 0.186 e. The van der Waals surface area contributed by atoms with Crippen LogP contribution in [-0.2, 0) is 11.1 Å². The van der Waals surface area contributed by atoms with Crippen LogP contribution in [0.3, 0.4) is 0 Å². The summed E-state index contributed by atoms with van der Waals surface area (Å²) in [5.41, 5.74) is 0.131. The van der Waals surface area contributed by atoms with Crippen LogP contribution in [-0.4, -0.2) is 38.3 Å². The molecule has 6 atom stereocenters. The topological polar surface area (TPSA) is 52.6 Å². The minimum atomic E-state index is -1.97. The fourth-order valence-corrected chi connectivity index (χ4v) is 5.19. The highest BCUT2D eigenvalue weighted by molar-refractivity contribution is 7.83. The molecular weight excluding hydrogens is 358 g/mol. The molecule has 1 aliphatic carbocycles. The summed E-state index contributed by atoms with van der Waals surface area (Å²) in [6.07, 6.45) is 7.11. The first kappa shape index (κ1) is 18.0. The van der Waals surface area contributed by atoms with Crippen LogP contribution < -0.4 is 5.32 Å². The van der Waals surface area contributed by atoms with Crippen molar-refractivity contribution in [1.29, 1.82) is 0 Å². The summed E-state index contributed by atoms with van der Waals surface area (Å²) >= 11 is -1.97. The van der Waals surface area contributed by atoms with Crippen molar-refractivity contribution >= 4 is 11.1 Å². The van der Waals surface area contributed by atoms with Crippen LogP contribution in [0.5, 0.6) is 0 Å². The van der Waals surface area contributed by atoms with Crippen LogP contribution >= 0.6 is 0 Å². The summed E-state index contributed by atoms with van der Waals surface area (Å²) in [7, 11) is 0. The average molecular weight is 380 g/mol. The Hall–Kier alpha value is -1.41. The Morgan fingerprint density at radius 1 is 1.31 bits per heavy atom. The predicted molar refractivity (Wildman–Crippen MR) is 96.7 cm³/mol. The summed E-state index contributed by atoms with van der Waals surface area (Å²) in [5, 5.41) is 3.41. The number of likely N-dealkylation sites (tertiary alicyclic amines) is 1. The van der Waals surface area contributed by atoms with Crippen molar-refractivity contribution < 1.29 is 17.5 Å². The quantitative estimate of drug-likeness (QED) is 0.791. The predicted octanol–water partition coefficient (Wildman–Crippen LogP) is 3.12. The summed E-state index contributed by atoms with van der Waals surface area (Å²) in [6.45, 7) is 2.93. The van der Waals surface area contributed by atoms with Gasteiger partial charge in [0.25, 0.3) is 0 Å². The molecule has 0 aromatic heterocycles. The molecule has 0 saturated carbocycles. The van der Waals surface area contributed by atoms with Gasteiger partial charge in [0.05, 0.1) is 4.91 Å². The van der Waals surface area contributed by atoms with E-state index in [4.69, 9.17) is 0 Å². The molecule has 0 radical (unpaired) electrons. The number of nitrogens with one attached hydrogen (secondary N) is 1. The van der Waals surface area contributed by atoms with Crippen molar-refractivity contribution in [3.05, 3.63) is 58.5 Å². The van der Waals surface area contributed by atoms with E-state index in [-0.39, 0.29) is 35.6 Å². The lowest BCUT2D eigenvalue weighted by atomic mass is 9.93. The Bertz CT molecular complexity index is 777. The van der Waals surface area contributed by atoms with Gasteiger partial charge in [-0.05, 0) is 37.0 Å². The summed E-state index contributed by atoms with van der Waals surface area (Å²) in [4.78, 5) is 2.80. The van der Waals surface area contributed by atoms with Crippen molar-refractivity contribution in [3.63, 3.8) is 0 Å². The average Bonchev–Trinajstić information content (AvgIpc) is 3.15. The van der Waals surface area contributed by atoms with Gasteiger partial charge >= 0.3 is 0 Å². The van der Waals surface area contributed by atoms with Crippen LogP contribution in [0, 0.1) is 17.6 Å². The van der Waals surface area contributed by atoms with Crippen molar-refractivity contribution in [1.82, 2.24) is 10.2 Å². The second-order valence-corrected chi connectivity index (χ2v) is 8.29. The zero-order chi connectivity index (χ0) is 18.4. The number of rotatable bonds is 3. The van der Waals surface area contributed by atoms with Gasteiger partial charge < -0.3 is 9.87 Å². The summed E-state index contributed by atoms with van der Waals surface area (Å²) in [6, 6.07) is 4.21. The molecule has 4 nitrogen and oxygen atoms in total. The normalized spacial score (nSPS) is 35.4. The van der Waals surface area contributed by atoms with Gasteiger partial charge in [0, 0.05) is 36.3 Å². The van der Waals surface area contributed by atoms with Crippen LogP contribution in [0.1, 0.15) is 31.4 Å². The second-order valence-electron chi connectivity index (χ2n) is 7.32. The minimum absolute atomic E-state index is 0.106. The highest BCUT2D eigenvalue weighted by Crippen LogP contribution is 2.39. The van der Waals surface area contributed by atoms with Crippen molar-refractivity contribution in [2.75, 3.05) is 6.54 Å². The number of halogens is 2. The van der Waals surface area contributed by atoms with Gasteiger partial charge in [-0.2, -0.15) is 0 Å². The Morgan fingerprint density at radius 3 is 2.69 bits per heavy atom. The molecule has 2 fully saturated rings. The van der Waals surface area contributed by atoms with Gasteiger partial charge in [-0.15, -0.1) is 0 Å². The molecule has 0 bridgehead atoms. The fraction of sp³-hybridized carbons (Fsp3) is 0.474. The molecule has 2 aliphatic heterocycles. The molecule has 3 aliphatic rings. The number of nitrogens with zero attached hydrogens (tertiary/aromatic N) is 1. The Morgan fingerprint density at radius 2 is 2.04 bits per heavy atom. The number of allylic oxidation sites excluding steroid dienone is 1. The van der Waals surface area contributed by atoms with E-state index in [1.165, 1.54) is 18.2 Å². The molecule has 7 heteroatoms. The van der Waals surface area contributed by atoms with Gasteiger partial charge in [-0.25, -0.2) is 13.0 Å². The van der Waals surface area contributed by atoms with Crippen molar-refractivity contribution in [2.24, 2.45) is 5.92 Å². The number of fused-ring (bicyclic) bond motifs is 1.